The Bertz CT molecular complexity index is 537. The molecule has 1 aromatic rings. The molecule has 1 aliphatic rings. The van der Waals surface area contributed by atoms with E-state index < -0.39 is 17.5 Å². The lowest BCUT2D eigenvalue weighted by Crippen LogP contribution is -2.39. The first-order valence-corrected chi connectivity index (χ1v) is 7.02. The summed E-state index contributed by atoms with van der Waals surface area (Å²) >= 11 is 0. The maximum Gasteiger partial charge on any atom is 0.338 e. The van der Waals surface area contributed by atoms with E-state index in [2.05, 4.69) is 6.58 Å². The highest BCUT2D eigenvalue weighted by Crippen LogP contribution is 2.45. The Morgan fingerprint density at radius 1 is 1.52 bits per heavy atom. The molecule has 0 radical (unpaired) electrons. The smallest absolute Gasteiger partial charge is 0.338 e. The van der Waals surface area contributed by atoms with Crippen LogP contribution in [0.25, 0.3) is 0 Å². The van der Waals surface area contributed by atoms with Gasteiger partial charge in [0.15, 0.2) is 0 Å². The van der Waals surface area contributed by atoms with Crippen molar-refractivity contribution in [3.63, 3.8) is 0 Å². The Hall–Kier alpha value is -1.94. The van der Waals surface area contributed by atoms with E-state index in [1.807, 2.05) is 13.0 Å². The van der Waals surface area contributed by atoms with Crippen LogP contribution >= 0.6 is 0 Å². The van der Waals surface area contributed by atoms with Gasteiger partial charge in [-0.2, -0.15) is 0 Å². The van der Waals surface area contributed by atoms with Gasteiger partial charge in [0, 0.05) is 24.9 Å². The summed E-state index contributed by atoms with van der Waals surface area (Å²) < 4.78 is 5.53. The van der Waals surface area contributed by atoms with Crippen molar-refractivity contribution in [2.45, 2.75) is 25.9 Å². The van der Waals surface area contributed by atoms with E-state index in [4.69, 9.17) is 4.74 Å². The summed E-state index contributed by atoms with van der Waals surface area (Å²) in [5.74, 6) is -0.575. The molecule has 0 amide bonds. The molecule has 1 aromatic carbocycles. The van der Waals surface area contributed by atoms with Crippen molar-refractivity contribution in [1.82, 2.24) is 0 Å². The first kappa shape index (κ1) is 15.4. The first-order valence-electron chi connectivity index (χ1n) is 7.02. The normalized spacial score (nSPS) is 26.4. The van der Waals surface area contributed by atoms with Crippen molar-refractivity contribution >= 4 is 11.8 Å². The monoisotopic (exact) mass is 288 g/mol. The van der Waals surface area contributed by atoms with Crippen LogP contribution in [0, 0.1) is 11.3 Å². The molecule has 4 nitrogen and oxygen atoms in total. The highest BCUT2D eigenvalue weighted by atomic mass is 16.5. The van der Waals surface area contributed by atoms with Crippen molar-refractivity contribution in [3.8, 4) is 0 Å². The summed E-state index contributed by atoms with van der Waals surface area (Å²) in [4.78, 5) is 23.9. The number of benzene rings is 1. The van der Waals surface area contributed by atoms with Gasteiger partial charge in [-0.05, 0) is 18.1 Å². The molecule has 0 bridgehead atoms. The number of carbonyl (C=O) groups is 2. The number of hydrogen-bond acceptors (Lipinski definition) is 4. The average molecular weight is 288 g/mol. The number of carbonyl (C=O) groups excluding carboxylic acids is 2. The van der Waals surface area contributed by atoms with Gasteiger partial charge in [-0.25, -0.2) is 4.79 Å². The number of Topliss-reactive ketones (excluding diaryl/α,β-unsaturated/α-hetero) is 1. The third-order valence-corrected chi connectivity index (χ3v) is 4.31. The molecule has 4 heteroatoms. The molecular formula is C17H20O4. The highest BCUT2D eigenvalue weighted by Gasteiger charge is 2.49. The standard InChI is InChI=1S/C17H20O4/c1-3-15(17(2)10-14(19)9-13(17)11-18)21-16(20)12-7-5-4-6-8-12/h3-8,13,15,18H,1,9-11H2,2H3/t13-,15+,17+/m0/s1. The van der Waals surface area contributed by atoms with Crippen molar-refractivity contribution < 1.29 is 19.4 Å². The van der Waals surface area contributed by atoms with Gasteiger partial charge in [-0.15, -0.1) is 0 Å². The van der Waals surface area contributed by atoms with Crippen LogP contribution < -0.4 is 0 Å². The SMILES string of the molecule is C=C[C@@H](OC(=O)c1ccccc1)[C@]1(C)CC(=O)C[C@H]1CO. The van der Waals surface area contributed by atoms with Gasteiger partial charge in [0.25, 0.3) is 0 Å². The Morgan fingerprint density at radius 2 is 2.19 bits per heavy atom. The topological polar surface area (TPSA) is 63.6 Å². The van der Waals surface area contributed by atoms with Gasteiger partial charge in [-0.3, -0.25) is 4.79 Å². The minimum atomic E-state index is -0.603. The van der Waals surface area contributed by atoms with Crippen LogP contribution in [0.3, 0.4) is 0 Å². The van der Waals surface area contributed by atoms with E-state index >= 15 is 0 Å². The van der Waals surface area contributed by atoms with Gasteiger partial charge < -0.3 is 9.84 Å². The van der Waals surface area contributed by atoms with Crippen molar-refractivity contribution in [1.29, 1.82) is 0 Å². The Labute approximate surface area is 124 Å². The molecular weight excluding hydrogens is 268 g/mol. The first-order chi connectivity index (χ1) is 10.0. The van der Waals surface area contributed by atoms with E-state index in [0.717, 1.165) is 0 Å². The number of aliphatic hydroxyl groups excluding tert-OH is 1. The maximum atomic E-state index is 12.2. The van der Waals surface area contributed by atoms with Crippen LogP contribution in [-0.2, 0) is 9.53 Å². The number of ketones is 1. The second-order valence-electron chi connectivity index (χ2n) is 5.73. The molecule has 3 atom stereocenters. The third kappa shape index (κ3) is 3.05. The number of aliphatic hydroxyl groups is 1. The summed E-state index contributed by atoms with van der Waals surface area (Å²) in [7, 11) is 0. The van der Waals surface area contributed by atoms with Gasteiger partial charge in [-0.1, -0.05) is 37.8 Å². The fourth-order valence-corrected chi connectivity index (χ4v) is 2.96. The Balaban J connectivity index is 2.18. The second-order valence-corrected chi connectivity index (χ2v) is 5.73. The van der Waals surface area contributed by atoms with E-state index in [1.54, 1.807) is 30.3 Å². The fraction of sp³-hybridized carbons (Fsp3) is 0.412. The van der Waals surface area contributed by atoms with Gasteiger partial charge in [0.1, 0.15) is 11.9 Å². The van der Waals surface area contributed by atoms with Crippen molar-refractivity contribution in [2.75, 3.05) is 6.61 Å². The molecule has 0 aromatic heterocycles. The number of ether oxygens (including phenoxy) is 1. The number of esters is 1. The zero-order valence-electron chi connectivity index (χ0n) is 12.1. The van der Waals surface area contributed by atoms with Crippen LogP contribution in [0.15, 0.2) is 43.0 Å². The molecule has 2 rings (SSSR count). The molecule has 1 N–H and O–H groups in total. The molecule has 0 unspecified atom stereocenters. The molecule has 0 aliphatic heterocycles. The lowest BCUT2D eigenvalue weighted by atomic mass is 9.75. The summed E-state index contributed by atoms with van der Waals surface area (Å²) in [6, 6.07) is 8.69. The minimum absolute atomic E-state index is 0.0826. The average Bonchev–Trinajstić information content (AvgIpc) is 2.80. The lowest BCUT2D eigenvalue weighted by Gasteiger charge is -2.35. The van der Waals surface area contributed by atoms with Crippen LogP contribution in [0.4, 0.5) is 0 Å². The lowest BCUT2D eigenvalue weighted by molar-refractivity contribution is -0.118. The molecule has 1 aliphatic carbocycles. The zero-order chi connectivity index (χ0) is 15.5. The van der Waals surface area contributed by atoms with Crippen LogP contribution in [0.1, 0.15) is 30.1 Å². The molecule has 0 heterocycles. The Morgan fingerprint density at radius 3 is 2.76 bits per heavy atom. The summed E-state index contributed by atoms with van der Waals surface area (Å²) in [6.45, 7) is 5.48. The van der Waals surface area contributed by atoms with E-state index in [0.29, 0.717) is 12.0 Å². The molecule has 0 saturated heterocycles. The summed E-state index contributed by atoms with van der Waals surface area (Å²) in [6.07, 6.45) is 1.55. The summed E-state index contributed by atoms with van der Waals surface area (Å²) in [5, 5.41) is 9.49. The van der Waals surface area contributed by atoms with Crippen molar-refractivity contribution in [2.24, 2.45) is 11.3 Å². The number of rotatable bonds is 5. The third-order valence-electron chi connectivity index (χ3n) is 4.31. The van der Waals surface area contributed by atoms with E-state index in [-0.39, 0.29) is 24.7 Å². The second kappa shape index (κ2) is 6.22. The predicted octanol–water partition coefficient (Wildman–Crippen LogP) is 2.38. The fourth-order valence-electron chi connectivity index (χ4n) is 2.96. The molecule has 1 fully saturated rings. The minimum Gasteiger partial charge on any atom is -0.454 e. The van der Waals surface area contributed by atoms with E-state index in [1.165, 1.54) is 0 Å². The largest absolute Gasteiger partial charge is 0.454 e. The van der Waals surface area contributed by atoms with E-state index in [9.17, 15) is 14.7 Å². The zero-order valence-corrected chi connectivity index (χ0v) is 12.1. The quantitative estimate of drug-likeness (QED) is 0.667. The van der Waals surface area contributed by atoms with Crippen LogP contribution in [-0.4, -0.2) is 29.6 Å². The predicted molar refractivity (Wildman–Crippen MR) is 78.8 cm³/mol. The van der Waals surface area contributed by atoms with Crippen molar-refractivity contribution in [3.05, 3.63) is 48.6 Å². The van der Waals surface area contributed by atoms with Crippen LogP contribution in [0.5, 0.6) is 0 Å². The molecule has 112 valence electrons. The van der Waals surface area contributed by atoms with Gasteiger partial charge in [0.2, 0.25) is 0 Å². The summed E-state index contributed by atoms with van der Waals surface area (Å²) in [5.41, 5.74) is -0.143. The molecule has 0 spiro atoms. The number of hydrogen-bond donors (Lipinski definition) is 1. The Kier molecular flexibility index (Phi) is 4.58. The van der Waals surface area contributed by atoms with Crippen LogP contribution in [0.2, 0.25) is 0 Å². The van der Waals surface area contributed by atoms with Gasteiger partial charge in [0.05, 0.1) is 5.56 Å². The van der Waals surface area contributed by atoms with Gasteiger partial charge >= 0.3 is 5.97 Å². The maximum absolute atomic E-state index is 12.2. The molecule has 21 heavy (non-hydrogen) atoms. The highest BCUT2D eigenvalue weighted by molar-refractivity contribution is 5.89. The molecule has 1 saturated carbocycles.